The number of pyridine rings is 1. The zero-order valence-electron chi connectivity index (χ0n) is 31.2. The van der Waals surface area contributed by atoms with Crippen LogP contribution < -0.4 is 9.64 Å². The molecule has 0 bridgehead atoms. The number of ether oxygens (including phenoxy) is 1. The summed E-state index contributed by atoms with van der Waals surface area (Å²) in [6.45, 7) is 4.15. The van der Waals surface area contributed by atoms with Gasteiger partial charge in [0.15, 0.2) is 0 Å². The van der Waals surface area contributed by atoms with Crippen molar-refractivity contribution in [1.82, 2.24) is 19.0 Å². The lowest BCUT2D eigenvalue weighted by Crippen LogP contribution is -2.21. The minimum atomic E-state index is -2.35. The molecule has 0 N–H and O–H groups in total. The molecule has 0 spiro atoms. The second-order valence-corrected chi connectivity index (χ2v) is 12.3. The Kier molecular flexibility index (Phi) is 4.87. The highest BCUT2D eigenvalue weighted by molar-refractivity contribution is 6.20. The number of rotatable bonds is 5. The topological polar surface area (TPSA) is 38.5 Å². The van der Waals surface area contributed by atoms with Gasteiger partial charge in [0.25, 0.3) is 0 Å². The first-order chi connectivity index (χ1) is 24.3. The summed E-state index contributed by atoms with van der Waals surface area (Å²) in [5, 5.41) is 2.03. The minimum Gasteiger partial charge on any atom is -0.457 e. The molecule has 6 heteroatoms. The zero-order chi connectivity index (χ0) is 35.8. The molecule has 6 nitrogen and oxygen atoms in total. The molecule has 3 aromatic heterocycles. The van der Waals surface area contributed by atoms with Crippen LogP contribution in [0.3, 0.4) is 0 Å². The average Bonchev–Trinajstić information content (AvgIpc) is 3.82. The normalized spacial score (nSPS) is 15.7. The van der Waals surface area contributed by atoms with E-state index in [4.69, 9.17) is 17.9 Å². The number of para-hydroxylation sites is 2. The Morgan fingerprint density at radius 1 is 0.756 bits per heavy atom. The quantitative estimate of drug-likeness (QED) is 0.199. The molecule has 222 valence electrons. The van der Waals surface area contributed by atoms with E-state index in [1.165, 1.54) is 17.2 Å². The van der Waals surface area contributed by atoms with Gasteiger partial charge in [0.05, 0.1) is 32.8 Å². The second-order valence-electron chi connectivity index (χ2n) is 12.3. The fourth-order valence-corrected chi connectivity index (χ4v) is 6.13. The third kappa shape index (κ3) is 4.61. The van der Waals surface area contributed by atoms with Crippen LogP contribution in [0.25, 0.3) is 44.3 Å². The Labute approximate surface area is 271 Å². The molecule has 0 amide bonds. The number of hydrogen-bond donors (Lipinski definition) is 0. The summed E-state index contributed by atoms with van der Waals surface area (Å²) in [4.78, 5) is 7.64. The number of benzene rings is 4. The molecule has 0 unspecified atom stereocenters. The molecule has 0 fully saturated rings. The maximum Gasteiger partial charge on any atom is 0.137 e. The molecule has 0 saturated carbocycles. The fraction of sp³-hybridized carbons (Fsp3) is 0.154. The van der Waals surface area contributed by atoms with E-state index in [0.717, 1.165) is 49.9 Å². The Bertz CT molecular complexity index is 2510. The Balaban J connectivity index is 1.34. The SMILES string of the molecule is [2H]c1c(Oc2ccc3c(c2)n(-c2cc(C(C)(C)C)ccn2)c2c4ccccc4n(-c4ccccc4)c32)cc(N2C=CN(C([2H])([2H])[2H])C2)c([2H])c1[2H]. The van der Waals surface area contributed by atoms with Crippen molar-refractivity contribution in [2.24, 2.45) is 0 Å². The number of fused-ring (bicyclic) bond motifs is 5. The Morgan fingerprint density at radius 2 is 1.56 bits per heavy atom. The molecule has 8 rings (SSSR count). The molecular weight excluding hydrogens is 554 g/mol. The molecule has 0 atom stereocenters. The van der Waals surface area contributed by atoms with Gasteiger partial charge in [-0.3, -0.25) is 4.57 Å². The van der Waals surface area contributed by atoms with Crippen LogP contribution in [0.2, 0.25) is 0 Å². The smallest absolute Gasteiger partial charge is 0.137 e. The molecule has 0 aliphatic carbocycles. The third-order valence-corrected chi connectivity index (χ3v) is 8.30. The van der Waals surface area contributed by atoms with Crippen molar-refractivity contribution in [3.63, 3.8) is 0 Å². The van der Waals surface area contributed by atoms with Crippen molar-refractivity contribution in [2.75, 3.05) is 18.5 Å². The second kappa shape index (κ2) is 10.3. The van der Waals surface area contributed by atoms with Crippen LogP contribution in [0, 0.1) is 0 Å². The van der Waals surface area contributed by atoms with Gasteiger partial charge in [0, 0.05) is 64.0 Å². The molecule has 0 radical (unpaired) electrons. The molecule has 7 aromatic rings. The standard InChI is InChI=1S/C39H35N5O/c1-39(2,3)27-19-20-40-36(23-27)44-35-25-31(45-30-14-10-13-29(24-30)42-22-21-41(4)26-42)17-18-33(35)37-38(44)32-15-8-9-16-34(32)43(37)28-11-6-5-7-12-28/h5-25H,26H2,1-4H3/i4D3,10D,13D,14D. The van der Waals surface area contributed by atoms with Crippen molar-refractivity contribution in [1.29, 1.82) is 0 Å². The Hall–Kier alpha value is -5.49. The number of hydrogen-bond acceptors (Lipinski definition) is 4. The summed E-state index contributed by atoms with van der Waals surface area (Å²) in [5.74, 6) is 1.27. The van der Waals surface area contributed by atoms with Crippen molar-refractivity contribution in [3.05, 3.63) is 133 Å². The minimum absolute atomic E-state index is 0.0242. The first-order valence-corrected chi connectivity index (χ1v) is 14.9. The summed E-state index contributed by atoms with van der Waals surface area (Å²) in [6, 6.07) is 29.4. The molecule has 1 aliphatic rings. The van der Waals surface area contributed by atoms with Crippen LogP contribution in [0.5, 0.6) is 11.5 Å². The summed E-state index contributed by atoms with van der Waals surface area (Å²) in [5.41, 5.74) is 6.24. The highest BCUT2D eigenvalue weighted by atomic mass is 16.5. The van der Waals surface area contributed by atoms with Crippen LogP contribution >= 0.6 is 0 Å². The van der Waals surface area contributed by atoms with Crippen molar-refractivity contribution < 1.29 is 13.0 Å². The predicted molar refractivity (Wildman–Crippen MR) is 185 cm³/mol. The van der Waals surface area contributed by atoms with Gasteiger partial charge in [-0.15, -0.1) is 0 Å². The van der Waals surface area contributed by atoms with Crippen molar-refractivity contribution in [3.8, 4) is 23.0 Å². The molecule has 4 heterocycles. The highest BCUT2D eigenvalue weighted by Gasteiger charge is 2.24. The Morgan fingerprint density at radius 3 is 2.38 bits per heavy atom. The van der Waals surface area contributed by atoms with E-state index >= 15 is 0 Å². The maximum absolute atomic E-state index is 8.70. The first-order valence-electron chi connectivity index (χ1n) is 17.9. The lowest BCUT2D eigenvalue weighted by molar-refractivity contribution is 0.481. The van der Waals surface area contributed by atoms with Crippen LogP contribution in [0.1, 0.15) is 34.6 Å². The van der Waals surface area contributed by atoms with Gasteiger partial charge in [-0.05, 0) is 65.5 Å². The summed E-state index contributed by atoms with van der Waals surface area (Å²) >= 11 is 0. The highest BCUT2D eigenvalue weighted by Crippen LogP contribution is 2.42. The summed E-state index contributed by atoms with van der Waals surface area (Å²) in [7, 11) is 0. The van der Waals surface area contributed by atoms with Crippen molar-refractivity contribution in [2.45, 2.75) is 26.2 Å². The van der Waals surface area contributed by atoms with Gasteiger partial charge in [-0.2, -0.15) is 0 Å². The lowest BCUT2D eigenvalue weighted by Gasteiger charge is -2.20. The van der Waals surface area contributed by atoms with E-state index in [1.807, 2.05) is 60.8 Å². The first kappa shape index (κ1) is 21.3. The lowest BCUT2D eigenvalue weighted by atomic mass is 9.88. The third-order valence-electron chi connectivity index (χ3n) is 8.30. The fourth-order valence-electron chi connectivity index (χ4n) is 6.13. The van der Waals surface area contributed by atoms with E-state index in [1.54, 1.807) is 11.1 Å². The summed E-state index contributed by atoms with van der Waals surface area (Å²) < 4.78 is 60.0. The predicted octanol–water partition coefficient (Wildman–Crippen LogP) is 9.39. The van der Waals surface area contributed by atoms with Crippen molar-refractivity contribution >= 4 is 38.5 Å². The van der Waals surface area contributed by atoms with Gasteiger partial charge < -0.3 is 19.1 Å². The number of anilines is 1. The zero-order valence-corrected chi connectivity index (χ0v) is 25.2. The van der Waals surface area contributed by atoms with Crippen LogP contribution in [0.4, 0.5) is 5.69 Å². The number of nitrogens with zero attached hydrogens (tertiary/aromatic N) is 5. The van der Waals surface area contributed by atoms with Gasteiger partial charge in [0.1, 0.15) is 17.3 Å². The van der Waals surface area contributed by atoms with E-state index in [9.17, 15) is 0 Å². The van der Waals surface area contributed by atoms with E-state index in [-0.39, 0.29) is 41.6 Å². The molecule has 4 aromatic carbocycles. The van der Waals surface area contributed by atoms with Gasteiger partial charge in [-0.25, -0.2) is 4.98 Å². The monoisotopic (exact) mass is 595 g/mol. The largest absolute Gasteiger partial charge is 0.457 e. The molecule has 1 aliphatic heterocycles. The van der Waals surface area contributed by atoms with Gasteiger partial charge >= 0.3 is 0 Å². The van der Waals surface area contributed by atoms with Gasteiger partial charge in [0.2, 0.25) is 0 Å². The van der Waals surface area contributed by atoms with Gasteiger partial charge in [-0.1, -0.05) is 63.2 Å². The van der Waals surface area contributed by atoms with E-state index < -0.39 is 6.98 Å². The van der Waals surface area contributed by atoms with E-state index in [0.29, 0.717) is 5.75 Å². The molecule has 45 heavy (non-hydrogen) atoms. The van der Waals surface area contributed by atoms with Crippen LogP contribution in [-0.2, 0) is 5.41 Å². The van der Waals surface area contributed by atoms with E-state index in [2.05, 4.69) is 60.2 Å². The molecule has 0 saturated heterocycles. The summed E-state index contributed by atoms with van der Waals surface area (Å²) in [6.07, 6.45) is 4.84. The number of aromatic nitrogens is 3. The average molecular weight is 596 g/mol. The molecular formula is C39H35N5O. The maximum atomic E-state index is 8.70. The van der Waals surface area contributed by atoms with Crippen LogP contribution in [0.15, 0.2) is 128 Å². The van der Waals surface area contributed by atoms with Crippen LogP contribution in [-0.4, -0.2) is 32.7 Å².